The van der Waals surface area contributed by atoms with Gasteiger partial charge in [-0.3, -0.25) is 4.79 Å². The third-order valence-corrected chi connectivity index (χ3v) is 4.24. The molecule has 0 radical (unpaired) electrons. The number of nitrogens with one attached hydrogen (secondary N) is 1. The second kappa shape index (κ2) is 8.99. The van der Waals surface area contributed by atoms with Gasteiger partial charge in [0, 0.05) is 11.8 Å². The predicted octanol–water partition coefficient (Wildman–Crippen LogP) is 4.62. The molecule has 0 aliphatic heterocycles. The van der Waals surface area contributed by atoms with Gasteiger partial charge in [0.1, 0.15) is 0 Å². The van der Waals surface area contributed by atoms with Crippen molar-refractivity contribution in [2.45, 2.75) is 33.6 Å². The van der Waals surface area contributed by atoms with Crippen LogP contribution in [-0.2, 0) is 14.3 Å². The van der Waals surface area contributed by atoms with Gasteiger partial charge in [-0.1, -0.05) is 50.2 Å². The van der Waals surface area contributed by atoms with Gasteiger partial charge in [0.25, 0.3) is 5.91 Å². The molecule has 0 atom stereocenters. The molecule has 0 saturated carbocycles. The van der Waals surface area contributed by atoms with Crippen LogP contribution in [0.3, 0.4) is 0 Å². The number of aryl methyl sites for hydroxylation is 1. The predicted molar refractivity (Wildman–Crippen MR) is 105 cm³/mol. The molecule has 0 fully saturated rings. The summed E-state index contributed by atoms with van der Waals surface area (Å²) in [5.74, 6) is -0.440. The number of benzene rings is 2. The lowest BCUT2D eigenvalue weighted by Crippen LogP contribution is -2.20. The van der Waals surface area contributed by atoms with Gasteiger partial charge >= 0.3 is 5.97 Å². The maximum Gasteiger partial charge on any atom is 0.331 e. The van der Waals surface area contributed by atoms with Crippen molar-refractivity contribution in [1.82, 2.24) is 0 Å². The molecule has 1 amide bonds. The van der Waals surface area contributed by atoms with Gasteiger partial charge in [0.15, 0.2) is 6.61 Å². The average Bonchev–Trinajstić information content (AvgIpc) is 2.62. The number of esters is 1. The molecular formula is C22H25NO3. The summed E-state index contributed by atoms with van der Waals surface area (Å²) in [4.78, 5) is 23.7. The van der Waals surface area contributed by atoms with Crippen molar-refractivity contribution in [3.05, 3.63) is 70.8 Å². The maximum atomic E-state index is 11.9. The number of hydrogen-bond donors (Lipinski definition) is 1. The minimum absolute atomic E-state index is 0.317. The van der Waals surface area contributed by atoms with Crippen LogP contribution in [0.1, 0.15) is 42.0 Å². The van der Waals surface area contributed by atoms with Gasteiger partial charge in [-0.2, -0.15) is 0 Å². The molecule has 0 unspecified atom stereocenters. The summed E-state index contributed by atoms with van der Waals surface area (Å²) >= 11 is 0. The van der Waals surface area contributed by atoms with Crippen molar-refractivity contribution in [2.75, 3.05) is 11.9 Å². The van der Waals surface area contributed by atoms with Crippen molar-refractivity contribution in [3.8, 4) is 0 Å². The molecule has 0 aliphatic rings. The average molecular weight is 351 g/mol. The second-order valence-electron chi connectivity index (χ2n) is 6.56. The molecule has 1 N–H and O–H groups in total. The third-order valence-electron chi connectivity index (χ3n) is 4.24. The summed E-state index contributed by atoms with van der Waals surface area (Å²) in [6, 6.07) is 13.6. The molecule has 0 heterocycles. The number of anilines is 1. The zero-order chi connectivity index (χ0) is 19.1. The Morgan fingerprint density at radius 2 is 1.77 bits per heavy atom. The Morgan fingerprint density at radius 3 is 2.42 bits per heavy atom. The molecule has 0 aromatic heterocycles. The lowest BCUT2D eigenvalue weighted by atomic mass is 10.0. The van der Waals surface area contributed by atoms with Crippen LogP contribution < -0.4 is 5.32 Å². The highest BCUT2D eigenvalue weighted by Crippen LogP contribution is 2.18. The number of carbonyl (C=O) groups is 2. The Morgan fingerprint density at radius 1 is 1.08 bits per heavy atom. The summed E-state index contributed by atoms with van der Waals surface area (Å²) < 4.78 is 4.99. The quantitative estimate of drug-likeness (QED) is 0.610. The number of amides is 1. The van der Waals surface area contributed by atoms with Crippen molar-refractivity contribution in [1.29, 1.82) is 0 Å². The van der Waals surface area contributed by atoms with Crippen molar-refractivity contribution >= 4 is 23.6 Å². The first-order valence-corrected chi connectivity index (χ1v) is 8.67. The summed E-state index contributed by atoms with van der Waals surface area (Å²) in [5, 5.41) is 2.76. The Kier molecular flexibility index (Phi) is 6.73. The lowest BCUT2D eigenvalue weighted by molar-refractivity contribution is -0.142. The summed E-state index contributed by atoms with van der Waals surface area (Å²) in [6.45, 7) is 7.85. The zero-order valence-corrected chi connectivity index (χ0v) is 15.7. The number of carbonyl (C=O) groups excluding carboxylic acids is 2. The first-order valence-electron chi connectivity index (χ1n) is 8.67. The number of hydrogen-bond acceptors (Lipinski definition) is 3. The van der Waals surface area contributed by atoms with Crippen molar-refractivity contribution in [2.24, 2.45) is 0 Å². The highest BCUT2D eigenvalue weighted by atomic mass is 16.5. The fourth-order valence-electron chi connectivity index (χ4n) is 2.41. The molecule has 0 saturated heterocycles. The number of ether oxygens (including phenoxy) is 1. The Labute approximate surface area is 154 Å². The maximum absolute atomic E-state index is 11.9. The van der Waals surface area contributed by atoms with E-state index in [4.69, 9.17) is 4.74 Å². The van der Waals surface area contributed by atoms with Crippen LogP contribution in [0.25, 0.3) is 6.08 Å². The van der Waals surface area contributed by atoms with Crippen LogP contribution in [0.5, 0.6) is 0 Å². The molecule has 2 aromatic rings. The first-order chi connectivity index (χ1) is 12.4. The summed E-state index contributed by atoms with van der Waals surface area (Å²) in [5.41, 5.74) is 4.97. The van der Waals surface area contributed by atoms with E-state index in [1.807, 2.05) is 56.3 Å². The Bertz CT molecular complexity index is 805. The monoisotopic (exact) mass is 351 g/mol. The fourth-order valence-corrected chi connectivity index (χ4v) is 2.41. The molecule has 136 valence electrons. The molecule has 2 rings (SSSR count). The normalized spacial score (nSPS) is 11.0. The van der Waals surface area contributed by atoms with E-state index in [-0.39, 0.29) is 12.5 Å². The minimum atomic E-state index is -0.547. The standard InChI is InChI=1S/C22H25NO3/c1-15(2)19-11-8-18(9-12-19)10-13-22(25)26-14-21(24)23-20-7-5-6-16(3)17(20)4/h5-13,15H,14H2,1-4H3,(H,23,24). The van der Waals surface area contributed by atoms with Gasteiger partial charge in [-0.15, -0.1) is 0 Å². The van der Waals surface area contributed by atoms with Crippen molar-refractivity contribution < 1.29 is 14.3 Å². The fraction of sp³-hybridized carbons (Fsp3) is 0.273. The molecular weight excluding hydrogens is 326 g/mol. The first kappa shape index (κ1) is 19.4. The smallest absolute Gasteiger partial charge is 0.331 e. The van der Waals surface area contributed by atoms with Gasteiger partial charge in [-0.05, 0) is 54.2 Å². The summed E-state index contributed by atoms with van der Waals surface area (Å²) in [6.07, 6.45) is 3.00. The third kappa shape index (κ3) is 5.59. The van der Waals surface area contributed by atoms with E-state index in [2.05, 4.69) is 19.2 Å². The largest absolute Gasteiger partial charge is 0.452 e. The van der Waals surface area contributed by atoms with Crippen LogP contribution in [0.2, 0.25) is 0 Å². The van der Waals surface area contributed by atoms with E-state index in [9.17, 15) is 9.59 Å². The Balaban J connectivity index is 1.84. The van der Waals surface area contributed by atoms with E-state index in [0.717, 1.165) is 22.4 Å². The van der Waals surface area contributed by atoms with Gasteiger partial charge < -0.3 is 10.1 Å². The number of rotatable bonds is 6. The van der Waals surface area contributed by atoms with E-state index < -0.39 is 5.97 Å². The highest BCUT2D eigenvalue weighted by molar-refractivity contribution is 5.95. The molecule has 4 nitrogen and oxygen atoms in total. The molecule has 0 aliphatic carbocycles. The van der Waals surface area contributed by atoms with E-state index in [1.54, 1.807) is 6.08 Å². The van der Waals surface area contributed by atoms with Crippen LogP contribution >= 0.6 is 0 Å². The van der Waals surface area contributed by atoms with Gasteiger partial charge in [0.05, 0.1) is 0 Å². The van der Waals surface area contributed by atoms with Crippen molar-refractivity contribution in [3.63, 3.8) is 0 Å². The molecule has 0 spiro atoms. The van der Waals surface area contributed by atoms with Gasteiger partial charge in [-0.25, -0.2) is 4.79 Å². The second-order valence-corrected chi connectivity index (χ2v) is 6.56. The van der Waals surface area contributed by atoms with Crippen LogP contribution in [0, 0.1) is 13.8 Å². The molecule has 0 bridgehead atoms. The Hall–Kier alpha value is -2.88. The SMILES string of the molecule is Cc1cccc(NC(=O)COC(=O)C=Cc2ccc(C(C)C)cc2)c1C. The minimum Gasteiger partial charge on any atom is -0.452 e. The van der Waals surface area contributed by atoms with Crippen LogP contribution in [0.4, 0.5) is 5.69 Å². The lowest BCUT2D eigenvalue weighted by Gasteiger charge is -2.10. The highest BCUT2D eigenvalue weighted by Gasteiger charge is 2.08. The van der Waals surface area contributed by atoms with Gasteiger partial charge in [0.2, 0.25) is 0 Å². The topological polar surface area (TPSA) is 55.4 Å². The summed E-state index contributed by atoms with van der Waals surface area (Å²) in [7, 11) is 0. The van der Waals surface area contributed by atoms with Crippen LogP contribution in [-0.4, -0.2) is 18.5 Å². The molecule has 4 heteroatoms. The van der Waals surface area contributed by atoms with E-state index in [0.29, 0.717) is 5.92 Å². The van der Waals surface area contributed by atoms with E-state index >= 15 is 0 Å². The van der Waals surface area contributed by atoms with Crippen LogP contribution in [0.15, 0.2) is 48.5 Å². The molecule has 26 heavy (non-hydrogen) atoms. The van der Waals surface area contributed by atoms with E-state index in [1.165, 1.54) is 11.6 Å². The zero-order valence-electron chi connectivity index (χ0n) is 15.7. The molecule has 2 aromatic carbocycles.